The molecular weight excluding hydrogens is 248 g/mol. The van der Waals surface area contributed by atoms with E-state index in [1.165, 1.54) is 0 Å². The summed E-state index contributed by atoms with van der Waals surface area (Å²) in [7, 11) is 3.23. The molecule has 2 aromatic rings. The van der Waals surface area contributed by atoms with Crippen molar-refractivity contribution in [3.8, 4) is 11.5 Å². The van der Waals surface area contributed by atoms with Gasteiger partial charge in [0.15, 0.2) is 0 Å². The molecule has 0 atom stereocenters. The molecule has 0 fully saturated rings. The molecule has 0 aliphatic rings. The first-order valence-corrected chi connectivity index (χ1v) is 6.27. The van der Waals surface area contributed by atoms with Crippen LogP contribution in [0.4, 0.5) is 0 Å². The molecule has 0 aliphatic heterocycles. The first kappa shape index (κ1) is 13.1. The van der Waals surface area contributed by atoms with Gasteiger partial charge < -0.3 is 14.6 Å². The van der Waals surface area contributed by atoms with E-state index in [0.29, 0.717) is 11.5 Å². The molecule has 4 heteroatoms. The van der Waals surface area contributed by atoms with Crippen molar-refractivity contribution in [2.75, 3.05) is 14.2 Å². The van der Waals surface area contributed by atoms with Gasteiger partial charge in [-0.05, 0) is 0 Å². The summed E-state index contributed by atoms with van der Waals surface area (Å²) >= 11 is 4.32. The van der Waals surface area contributed by atoms with Gasteiger partial charge in [0.05, 0.1) is 20.8 Å². The van der Waals surface area contributed by atoms with Gasteiger partial charge in [-0.1, -0.05) is 24.3 Å². The van der Waals surface area contributed by atoms with Crippen molar-refractivity contribution in [1.29, 1.82) is 0 Å². The minimum Gasteiger partial charge on any atom is -0.496 e. The van der Waals surface area contributed by atoms with Crippen LogP contribution < -0.4 is 9.47 Å². The van der Waals surface area contributed by atoms with Gasteiger partial charge in [0.25, 0.3) is 0 Å². The summed E-state index contributed by atoms with van der Waals surface area (Å²) in [6.45, 7) is -0.0970. The highest BCUT2D eigenvalue weighted by atomic mass is 32.1. The van der Waals surface area contributed by atoms with Crippen LogP contribution in [0, 0.1) is 0 Å². The van der Waals surface area contributed by atoms with Crippen molar-refractivity contribution in [3.05, 3.63) is 35.4 Å². The lowest BCUT2D eigenvalue weighted by Gasteiger charge is -2.18. The van der Waals surface area contributed by atoms with Gasteiger partial charge in [0.2, 0.25) is 0 Å². The molecular formula is C14H16O3S. The Hall–Kier alpha value is -1.39. The molecule has 0 amide bonds. The second kappa shape index (κ2) is 5.50. The largest absolute Gasteiger partial charge is 0.496 e. The zero-order valence-electron chi connectivity index (χ0n) is 10.4. The highest BCUT2D eigenvalue weighted by Gasteiger charge is 2.18. The fraction of sp³-hybridized carbons (Fsp3) is 0.286. The quantitative estimate of drug-likeness (QED) is 0.834. The third kappa shape index (κ3) is 1.91. The van der Waals surface area contributed by atoms with E-state index in [1.54, 1.807) is 14.2 Å². The Morgan fingerprint density at radius 2 is 1.50 bits per heavy atom. The summed E-state index contributed by atoms with van der Waals surface area (Å²) < 4.78 is 10.9. The smallest absolute Gasteiger partial charge is 0.132 e. The molecule has 0 saturated heterocycles. The van der Waals surface area contributed by atoms with Gasteiger partial charge in [-0.3, -0.25) is 0 Å². The van der Waals surface area contributed by atoms with Gasteiger partial charge in [-0.15, -0.1) is 0 Å². The maximum absolute atomic E-state index is 9.57. The van der Waals surface area contributed by atoms with Crippen LogP contribution in [0.25, 0.3) is 10.8 Å². The third-order valence-electron chi connectivity index (χ3n) is 3.05. The number of benzene rings is 2. The Kier molecular flexibility index (Phi) is 3.99. The molecule has 18 heavy (non-hydrogen) atoms. The number of methoxy groups -OCH3 is 2. The molecule has 3 nitrogen and oxygen atoms in total. The summed E-state index contributed by atoms with van der Waals surface area (Å²) in [5.41, 5.74) is 1.61. The molecule has 96 valence electrons. The maximum atomic E-state index is 9.57. The molecule has 1 N–H and O–H groups in total. The summed E-state index contributed by atoms with van der Waals surface area (Å²) in [6, 6.07) is 7.82. The van der Waals surface area contributed by atoms with E-state index in [0.717, 1.165) is 27.6 Å². The number of aliphatic hydroxyl groups is 1. The Balaban J connectivity index is 2.94. The Bertz CT molecular complexity index is 516. The van der Waals surface area contributed by atoms with Gasteiger partial charge in [0.1, 0.15) is 11.5 Å². The van der Waals surface area contributed by atoms with E-state index >= 15 is 0 Å². The lowest BCUT2D eigenvalue weighted by molar-refractivity contribution is 0.272. The Labute approximate surface area is 112 Å². The van der Waals surface area contributed by atoms with Crippen molar-refractivity contribution in [1.82, 2.24) is 0 Å². The molecule has 0 heterocycles. The Morgan fingerprint density at radius 1 is 1.00 bits per heavy atom. The molecule has 0 radical (unpaired) electrons. The Morgan fingerprint density at radius 3 is 1.89 bits per heavy atom. The van der Waals surface area contributed by atoms with Crippen molar-refractivity contribution >= 4 is 23.4 Å². The van der Waals surface area contributed by atoms with E-state index in [1.807, 2.05) is 24.3 Å². The van der Waals surface area contributed by atoms with Gasteiger partial charge in [-0.2, -0.15) is 12.6 Å². The predicted molar refractivity (Wildman–Crippen MR) is 75.7 cm³/mol. The minimum absolute atomic E-state index is 0.0970. The van der Waals surface area contributed by atoms with E-state index in [-0.39, 0.29) is 6.61 Å². The van der Waals surface area contributed by atoms with Crippen molar-refractivity contribution in [3.63, 3.8) is 0 Å². The average Bonchev–Trinajstić information content (AvgIpc) is 2.44. The molecule has 0 saturated carbocycles. The second-order valence-corrected chi connectivity index (χ2v) is 4.20. The number of rotatable bonds is 4. The fourth-order valence-corrected chi connectivity index (χ4v) is 2.61. The van der Waals surface area contributed by atoms with Crippen molar-refractivity contribution < 1.29 is 14.6 Å². The maximum Gasteiger partial charge on any atom is 0.132 e. The first-order valence-electron chi connectivity index (χ1n) is 5.64. The molecule has 0 bridgehead atoms. The van der Waals surface area contributed by atoms with E-state index in [2.05, 4.69) is 12.6 Å². The van der Waals surface area contributed by atoms with Crippen LogP contribution in [0.3, 0.4) is 0 Å². The van der Waals surface area contributed by atoms with Crippen molar-refractivity contribution in [2.45, 2.75) is 12.4 Å². The molecule has 0 spiro atoms. The van der Waals surface area contributed by atoms with E-state index in [9.17, 15) is 5.11 Å². The normalized spacial score (nSPS) is 10.7. The van der Waals surface area contributed by atoms with E-state index in [4.69, 9.17) is 9.47 Å². The van der Waals surface area contributed by atoms with Crippen LogP contribution in [-0.4, -0.2) is 19.3 Å². The monoisotopic (exact) mass is 264 g/mol. The van der Waals surface area contributed by atoms with Crippen molar-refractivity contribution in [2.24, 2.45) is 0 Å². The molecule has 0 unspecified atom stereocenters. The van der Waals surface area contributed by atoms with Crippen LogP contribution in [-0.2, 0) is 12.4 Å². The second-order valence-electron chi connectivity index (χ2n) is 3.89. The summed E-state index contributed by atoms with van der Waals surface area (Å²) in [5.74, 6) is 1.93. The number of hydrogen-bond acceptors (Lipinski definition) is 4. The predicted octanol–water partition coefficient (Wildman–Crippen LogP) is 2.78. The minimum atomic E-state index is -0.0970. The van der Waals surface area contributed by atoms with Gasteiger partial charge in [0, 0.05) is 27.7 Å². The van der Waals surface area contributed by atoms with Crippen LogP contribution in [0.5, 0.6) is 11.5 Å². The number of fused-ring (bicyclic) bond motifs is 1. The molecule has 0 aromatic heterocycles. The fourth-order valence-electron chi connectivity index (χ4n) is 2.28. The standard InChI is InChI=1S/C14H16O3S/c1-16-13-9-5-3-4-6-10(9)14(17-2)12(8-18)11(13)7-15/h3-6,15,18H,7-8H2,1-2H3. The third-order valence-corrected chi connectivity index (χ3v) is 3.37. The van der Waals surface area contributed by atoms with Crippen LogP contribution in [0.15, 0.2) is 24.3 Å². The summed E-state index contributed by atoms with van der Waals surface area (Å²) in [5, 5.41) is 11.5. The lowest BCUT2D eigenvalue weighted by atomic mass is 9.99. The first-order chi connectivity index (χ1) is 8.78. The van der Waals surface area contributed by atoms with Gasteiger partial charge >= 0.3 is 0 Å². The zero-order valence-corrected chi connectivity index (χ0v) is 11.3. The summed E-state index contributed by atoms with van der Waals surface area (Å²) in [4.78, 5) is 0. The molecule has 2 aromatic carbocycles. The highest BCUT2D eigenvalue weighted by molar-refractivity contribution is 7.79. The zero-order chi connectivity index (χ0) is 13.1. The SMILES string of the molecule is COc1c(CO)c(CS)c(OC)c2ccccc12. The van der Waals surface area contributed by atoms with Crippen LogP contribution >= 0.6 is 12.6 Å². The number of hydrogen-bond donors (Lipinski definition) is 2. The number of thiol groups is 1. The number of ether oxygens (including phenoxy) is 2. The molecule has 0 aliphatic carbocycles. The van der Waals surface area contributed by atoms with Crippen LogP contribution in [0.2, 0.25) is 0 Å². The van der Waals surface area contributed by atoms with E-state index < -0.39 is 0 Å². The highest BCUT2D eigenvalue weighted by Crippen LogP contribution is 2.41. The number of aliphatic hydroxyl groups excluding tert-OH is 1. The lowest BCUT2D eigenvalue weighted by Crippen LogP contribution is -2.02. The van der Waals surface area contributed by atoms with Gasteiger partial charge in [-0.25, -0.2) is 0 Å². The molecule has 2 rings (SSSR count). The van der Waals surface area contributed by atoms with Crippen LogP contribution in [0.1, 0.15) is 11.1 Å². The topological polar surface area (TPSA) is 38.7 Å². The summed E-state index contributed by atoms with van der Waals surface area (Å²) in [6.07, 6.45) is 0. The average molecular weight is 264 g/mol.